The zero-order chi connectivity index (χ0) is 13.7. The van der Waals surface area contributed by atoms with E-state index in [1.165, 1.54) is 19.3 Å². The van der Waals surface area contributed by atoms with Crippen molar-refractivity contribution >= 4 is 28.3 Å². The maximum atomic E-state index is 11.0. The van der Waals surface area contributed by atoms with Crippen molar-refractivity contribution in [1.82, 2.24) is 4.90 Å². The van der Waals surface area contributed by atoms with Gasteiger partial charge in [-0.2, -0.15) is 0 Å². The van der Waals surface area contributed by atoms with Gasteiger partial charge in [-0.05, 0) is 6.42 Å². The van der Waals surface area contributed by atoms with Crippen LogP contribution in [-0.2, 0) is 5.72 Å². The molecule has 2 rings (SSSR count). The molecule has 1 N–H and O–H groups in total. The molecule has 19 heavy (non-hydrogen) atoms. The quantitative estimate of drug-likeness (QED) is 0.638. The fraction of sp³-hybridized carbons (Fsp3) is 0.533. The van der Waals surface area contributed by atoms with Crippen molar-refractivity contribution < 1.29 is 5.11 Å². The van der Waals surface area contributed by atoms with Crippen LogP contribution < -0.4 is 0 Å². The summed E-state index contributed by atoms with van der Waals surface area (Å²) in [6, 6.07) is 9.86. The standard InChI is InChI=1S/C15H21NOS2/c1-2-3-4-8-11-16-14(18)19-12-15(16,17)13-9-6-5-7-10-13/h5-7,9-10,17H,2-4,8,11-12H2,1H3. The first-order valence-electron chi connectivity index (χ1n) is 6.91. The normalized spacial score (nSPS) is 23.1. The van der Waals surface area contributed by atoms with Gasteiger partial charge in [0, 0.05) is 12.1 Å². The molecule has 1 aromatic rings. The molecule has 1 fully saturated rings. The predicted octanol–water partition coefficient (Wildman–Crippen LogP) is 3.75. The third-order valence-electron chi connectivity index (χ3n) is 3.54. The number of unbranched alkanes of at least 4 members (excludes halogenated alkanes) is 3. The molecular weight excluding hydrogens is 274 g/mol. The number of nitrogens with zero attached hydrogens (tertiary/aromatic N) is 1. The van der Waals surface area contributed by atoms with Gasteiger partial charge in [0.15, 0.2) is 5.72 Å². The van der Waals surface area contributed by atoms with Crippen LogP contribution in [0.15, 0.2) is 30.3 Å². The third-order valence-corrected chi connectivity index (χ3v) is 5.12. The Morgan fingerprint density at radius 3 is 2.68 bits per heavy atom. The average Bonchev–Trinajstić information content (AvgIpc) is 2.73. The zero-order valence-electron chi connectivity index (χ0n) is 11.3. The van der Waals surface area contributed by atoms with Gasteiger partial charge in [0.25, 0.3) is 0 Å². The van der Waals surface area contributed by atoms with E-state index >= 15 is 0 Å². The highest BCUT2D eigenvalue weighted by Gasteiger charge is 2.43. The van der Waals surface area contributed by atoms with E-state index in [2.05, 4.69) is 6.92 Å². The summed E-state index contributed by atoms with van der Waals surface area (Å²) in [6.45, 7) is 3.05. The van der Waals surface area contributed by atoms with Gasteiger partial charge in [0.1, 0.15) is 4.32 Å². The van der Waals surface area contributed by atoms with Gasteiger partial charge in [-0.1, -0.05) is 80.5 Å². The third kappa shape index (κ3) is 3.30. The largest absolute Gasteiger partial charge is 0.366 e. The second-order valence-corrected chi connectivity index (χ2v) is 6.56. The number of benzene rings is 1. The number of hydrogen-bond acceptors (Lipinski definition) is 3. The second-order valence-electron chi connectivity index (χ2n) is 4.95. The van der Waals surface area contributed by atoms with Crippen LogP contribution in [-0.4, -0.2) is 26.6 Å². The van der Waals surface area contributed by atoms with Crippen molar-refractivity contribution in [1.29, 1.82) is 0 Å². The maximum absolute atomic E-state index is 11.0. The van der Waals surface area contributed by atoms with E-state index in [1.54, 1.807) is 11.8 Å². The minimum atomic E-state index is -0.921. The Balaban J connectivity index is 2.08. The molecule has 0 radical (unpaired) electrons. The molecule has 1 aromatic carbocycles. The van der Waals surface area contributed by atoms with Crippen LogP contribution in [0.4, 0.5) is 0 Å². The van der Waals surface area contributed by atoms with Crippen molar-refractivity contribution in [2.45, 2.75) is 38.3 Å². The molecule has 1 aliphatic heterocycles. The van der Waals surface area contributed by atoms with Crippen LogP contribution in [0.3, 0.4) is 0 Å². The summed E-state index contributed by atoms with van der Waals surface area (Å²) in [4.78, 5) is 2.00. The zero-order valence-corrected chi connectivity index (χ0v) is 13.0. The highest BCUT2D eigenvalue weighted by Crippen LogP contribution is 2.39. The van der Waals surface area contributed by atoms with Crippen LogP contribution in [0.25, 0.3) is 0 Å². The van der Waals surface area contributed by atoms with Crippen LogP contribution in [0.1, 0.15) is 38.2 Å². The van der Waals surface area contributed by atoms with E-state index in [0.717, 1.165) is 22.8 Å². The topological polar surface area (TPSA) is 23.5 Å². The molecule has 0 spiro atoms. The number of aliphatic hydroxyl groups is 1. The fourth-order valence-electron chi connectivity index (χ4n) is 2.39. The van der Waals surface area contributed by atoms with Crippen LogP contribution in [0, 0.1) is 0 Å². The molecule has 2 nitrogen and oxygen atoms in total. The van der Waals surface area contributed by atoms with Crippen molar-refractivity contribution in [3.8, 4) is 0 Å². The predicted molar refractivity (Wildman–Crippen MR) is 86.2 cm³/mol. The first kappa shape index (κ1) is 14.8. The van der Waals surface area contributed by atoms with Gasteiger partial charge < -0.3 is 10.0 Å². The van der Waals surface area contributed by atoms with Gasteiger partial charge in [0.2, 0.25) is 0 Å². The number of thiocarbonyl (C=S) groups is 1. The van der Waals surface area contributed by atoms with Gasteiger partial charge in [-0.25, -0.2) is 0 Å². The van der Waals surface area contributed by atoms with E-state index in [0.29, 0.717) is 5.75 Å². The summed E-state index contributed by atoms with van der Waals surface area (Å²) in [5, 5.41) is 11.0. The molecule has 104 valence electrons. The van der Waals surface area contributed by atoms with E-state index < -0.39 is 5.72 Å². The van der Waals surface area contributed by atoms with E-state index in [-0.39, 0.29) is 0 Å². The van der Waals surface area contributed by atoms with Gasteiger partial charge >= 0.3 is 0 Å². The van der Waals surface area contributed by atoms with Crippen molar-refractivity contribution in [2.24, 2.45) is 0 Å². The molecular formula is C15H21NOS2. The summed E-state index contributed by atoms with van der Waals surface area (Å²) in [5.74, 6) is 0.629. The Kier molecular flexibility index (Phi) is 5.25. The molecule has 0 saturated carbocycles. The summed E-state index contributed by atoms with van der Waals surface area (Å²) in [7, 11) is 0. The Morgan fingerprint density at radius 1 is 1.26 bits per heavy atom. The highest BCUT2D eigenvalue weighted by molar-refractivity contribution is 8.23. The minimum Gasteiger partial charge on any atom is -0.366 e. The van der Waals surface area contributed by atoms with Crippen molar-refractivity contribution in [3.05, 3.63) is 35.9 Å². The lowest BCUT2D eigenvalue weighted by atomic mass is 10.0. The number of rotatable bonds is 6. The SMILES string of the molecule is CCCCCCN1C(=S)SCC1(O)c1ccccc1. The molecule has 1 unspecified atom stereocenters. The maximum Gasteiger partial charge on any atom is 0.175 e. The number of thioether (sulfide) groups is 1. The first-order chi connectivity index (χ1) is 9.18. The Bertz CT molecular complexity index is 423. The van der Waals surface area contributed by atoms with Gasteiger partial charge in [-0.15, -0.1) is 0 Å². The van der Waals surface area contributed by atoms with Crippen LogP contribution in [0.2, 0.25) is 0 Å². The fourth-order valence-corrected chi connectivity index (χ4v) is 3.85. The van der Waals surface area contributed by atoms with Gasteiger partial charge in [-0.3, -0.25) is 0 Å². The molecule has 0 aliphatic carbocycles. The Labute approximate surface area is 125 Å². The lowest BCUT2D eigenvalue weighted by Crippen LogP contribution is -2.44. The summed E-state index contributed by atoms with van der Waals surface area (Å²) < 4.78 is 0.822. The lowest BCUT2D eigenvalue weighted by Gasteiger charge is -2.34. The summed E-state index contributed by atoms with van der Waals surface area (Å²) >= 11 is 6.97. The van der Waals surface area contributed by atoms with E-state index in [4.69, 9.17) is 12.2 Å². The number of hydrogen-bond donors (Lipinski definition) is 1. The van der Waals surface area contributed by atoms with Crippen LogP contribution >= 0.6 is 24.0 Å². The van der Waals surface area contributed by atoms with Crippen LogP contribution in [0.5, 0.6) is 0 Å². The smallest absolute Gasteiger partial charge is 0.175 e. The summed E-state index contributed by atoms with van der Waals surface area (Å²) in [6.07, 6.45) is 4.76. The average molecular weight is 295 g/mol. The summed E-state index contributed by atoms with van der Waals surface area (Å²) in [5.41, 5.74) is 0.0210. The van der Waals surface area contributed by atoms with Crippen molar-refractivity contribution in [3.63, 3.8) is 0 Å². The molecule has 0 amide bonds. The van der Waals surface area contributed by atoms with E-state index in [1.807, 2.05) is 35.2 Å². The molecule has 0 bridgehead atoms. The monoisotopic (exact) mass is 295 g/mol. The minimum absolute atomic E-state index is 0.629. The van der Waals surface area contributed by atoms with E-state index in [9.17, 15) is 5.11 Å². The molecule has 1 atom stereocenters. The van der Waals surface area contributed by atoms with Crippen molar-refractivity contribution in [2.75, 3.05) is 12.3 Å². The Morgan fingerprint density at radius 2 is 2.00 bits per heavy atom. The Hall–Kier alpha value is -0.580. The highest BCUT2D eigenvalue weighted by atomic mass is 32.2. The molecule has 1 saturated heterocycles. The second kappa shape index (κ2) is 6.73. The van der Waals surface area contributed by atoms with Gasteiger partial charge in [0.05, 0.1) is 5.75 Å². The molecule has 0 aromatic heterocycles. The molecule has 1 heterocycles. The lowest BCUT2D eigenvalue weighted by molar-refractivity contribution is -0.0471. The molecule has 1 aliphatic rings. The first-order valence-corrected chi connectivity index (χ1v) is 8.30. The molecule has 4 heteroatoms.